The first kappa shape index (κ1) is 13.1. The van der Waals surface area contributed by atoms with Crippen molar-refractivity contribution in [3.8, 4) is 12.3 Å². The van der Waals surface area contributed by atoms with E-state index in [0.29, 0.717) is 19.1 Å². The fourth-order valence-corrected chi connectivity index (χ4v) is 3.43. The Morgan fingerprint density at radius 2 is 2.56 bits per heavy atom. The summed E-state index contributed by atoms with van der Waals surface area (Å²) in [6.45, 7) is 3.88. The largest absolute Gasteiger partial charge is 0.344 e. The molecule has 0 spiro atoms. The molecule has 1 aromatic heterocycles. The molecule has 0 radical (unpaired) electrons. The minimum Gasteiger partial charge on any atom is -0.344 e. The highest BCUT2D eigenvalue weighted by atomic mass is 32.1. The summed E-state index contributed by atoms with van der Waals surface area (Å²) in [7, 11) is 0. The molecule has 2 rings (SSSR count). The highest BCUT2D eigenvalue weighted by molar-refractivity contribution is 7.10. The summed E-state index contributed by atoms with van der Waals surface area (Å²) >= 11 is 1.83. The Hall–Kier alpha value is -1.31. The van der Waals surface area contributed by atoms with Crippen molar-refractivity contribution < 1.29 is 4.79 Å². The molecule has 1 aromatic rings. The molecule has 1 amide bonds. The van der Waals surface area contributed by atoms with Gasteiger partial charge in [0.1, 0.15) is 0 Å². The zero-order valence-corrected chi connectivity index (χ0v) is 11.4. The second-order valence-corrected chi connectivity index (χ2v) is 5.43. The van der Waals surface area contributed by atoms with Crippen molar-refractivity contribution in [2.24, 2.45) is 0 Å². The van der Waals surface area contributed by atoms with Crippen LogP contribution in [-0.4, -0.2) is 30.4 Å². The molecular weight excluding hydrogens is 244 g/mol. The van der Waals surface area contributed by atoms with E-state index in [1.165, 1.54) is 10.4 Å². The fourth-order valence-electron chi connectivity index (χ4n) is 2.51. The number of fused-ring (bicyclic) bond motifs is 1. The van der Waals surface area contributed by atoms with Crippen molar-refractivity contribution in [1.82, 2.24) is 10.2 Å². The SMILES string of the molecule is C#CCNC(=O)CN1CCc2sccc2C1CC. The molecular formula is C14H18N2OS. The second-order valence-electron chi connectivity index (χ2n) is 4.42. The Labute approximate surface area is 112 Å². The summed E-state index contributed by atoms with van der Waals surface area (Å²) in [6.07, 6.45) is 7.22. The molecule has 2 heterocycles. The summed E-state index contributed by atoms with van der Waals surface area (Å²) in [5.74, 6) is 2.44. The third-order valence-electron chi connectivity index (χ3n) is 3.33. The van der Waals surface area contributed by atoms with E-state index >= 15 is 0 Å². The fraction of sp³-hybridized carbons (Fsp3) is 0.500. The predicted octanol–water partition coefficient (Wildman–Crippen LogP) is 1.81. The van der Waals surface area contributed by atoms with Crippen LogP contribution in [0.2, 0.25) is 0 Å². The number of nitrogens with zero attached hydrogens (tertiary/aromatic N) is 1. The molecule has 1 aliphatic heterocycles. The molecule has 0 bridgehead atoms. The highest BCUT2D eigenvalue weighted by Crippen LogP contribution is 2.34. The van der Waals surface area contributed by atoms with Gasteiger partial charge < -0.3 is 5.32 Å². The molecule has 1 N–H and O–H groups in total. The van der Waals surface area contributed by atoms with Gasteiger partial charge in [0.15, 0.2) is 0 Å². The molecule has 18 heavy (non-hydrogen) atoms. The molecule has 4 heteroatoms. The number of amides is 1. The smallest absolute Gasteiger partial charge is 0.234 e. The molecule has 1 aliphatic rings. The second kappa shape index (κ2) is 6.03. The first-order valence-electron chi connectivity index (χ1n) is 6.26. The van der Waals surface area contributed by atoms with Crippen LogP contribution in [0.15, 0.2) is 11.4 Å². The lowest BCUT2D eigenvalue weighted by atomic mass is 9.98. The summed E-state index contributed by atoms with van der Waals surface area (Å²) < 4.78 is 0. The minimum absolute atomic E-state index is 0.0186. The topological polar surface area (TPSA) is 32.3 Å². The zero-order valence-electron chi connectivity index (χ0n) is 10.6. The van der Waals surface area contributed by atoms with Gasteiger partial charge in [-0.25, -0.2) is 0 Å². The molecule has 0 saturated heterocycles. The van der Waals surface area contributed by atoms with Crippen molar-refractivity contribution in [3.63, 3.8) is 0 Å². The number of rotatable bonds is 4. The Kier molecular flexibility index (Phi) is 4.40. The molecule has 1 unspecified atom stereocenters. The van der Waals surface area contributed by atoms with Gasteiger partial charge in [-0.05, 0) is 29.9 Å². The van der Waals surface area contributed by atoms with Crippen LogP contribution in [0.3, 0.4) is 0 Å². The number of carbonyl (C=O) groups excluding carboxylic acids is 1. The van der Waals surface area contributed by atoms with Crippen LogP contribution in [0.1, 0.15) is 29.8 Å². The molecule has 3 nitrogen and oxygen atoms in total. The molecule has 0 aromatic carbocycles. The van der Waals surface area contributed by atoms with E-state index in [0.717, 1.165) is 19.4 Å². The molecule has 1 atom stereocenters. The Balaban J connectivity index is 2.02. The third kappa shape index (κ3) is 2.74. The summed E-state index contributed by atoms with van der Waals surface area (Å²) in [4.78, 5) is 15.5. The zero-order chi connectivity index (χ0) is 13.0. The van der Waals surface area contributed by atoms with E-state index in [9.17, 15) is 4.79 Å². The first-order valence-corrected chi connectivity index (χ1v) is 7.14. The van der Waals surface area contributed by atoms with Crippen LogP contribution in [0.25, 0.3) is 0 Å². The van der Waals surface area contributed by atoms with Gasteiger partial charge in [0, 0.05) is 17.5 Å². The van der Waals surface area contributed by atoms with E-state index in [4.69, 9.17) is 6.42 Å². The number of thiophene rings is 1. The van der Waals surface area contributed by atoms with Crippen molar-refractivity contribution in [2.75, 3.05) is 19.6 Å². The number of terminal acetylenes is 1. The molecule has 0 saturated carbocycles. The van der Waals surface area contributed by atoms with E-state index in [1.807, 2.05) is 11.3 Å². The lowest BCUT2D eigenvalue weighted by molar-refractivity contribution is -0.122. The number of hydrogen-bond acceptors (Lipinski definition) is 3. The van der Waals surface area contributed by atoms with E-state index in [1.54, 1.807) is 0 Å². The maximum Gasteiger partial charge on any atom is 0.234 e. The average Bonchev–Trinajstić information content (AvgIpc) is 2.84. The van der Waals surface area contributed by atoms with Gasteiger partial charge in [0.25, 0.3) is 0 Å². The van der Waals surface area contributed by atoms with Crippen LogP contribution in [-0.2, 0) is 11.2 Å². The van der Waals surface area contributed by atoms with Gasteiger partial charge in [-0.3, -0.25) is 9.69 Å². The molecule has 0 fully saturated rings. The van der Waals surface area contributed by atoms with Crippen LogP contribution >= 0.6 is 11.3 Å². The van der Waals surface area contributed by atoms with Crippen molar-refractivity contribution in [1.29, 1.82) is 0 Å². The highest BCUT2D eigenvalue weighted by Gasteiger charge is 2.27. The number of hydrogen-bond donors (Lipinski definition) is 1. The summed E-state index contributed by atoms with van der Waals surface area (Å²) in [5.41, 5.74) is 1.40. The van der Waals surface area contributed by atoms with E-state index < -0.39 is 0 Å². The lowest BCUT2D eigenvalue weighted by Crippen LogP contribution is -2.42. The van der Waals surface area contributed by atoms with Crippen LogP contribution in [0.4, 0.5) is 0 Å². The maximum atomic E-state index is 11.7. The quantitative estimate of drug-likeness (QED) is 0.839. The van der Waals surface area contributed by atoms with Crippen molar-refractivity contribution in [3.05, 3.63) is 21.9 Å². The lowest BCUT2D eigenvalue weighted by Gasteiger charge is -2.34. The van der Waals surface area contributed by atoms with Gasteiger partial charge in [-0.1, -0.05) is 12.8 Å². The predicted molar refractivity (Wildman–Crippen MR) is 74.5 cm³/mol. The Bertz CT molecular complexity index is 461. The summed E-state index contributed by atoms with van der Waals surface area (Å²) in [6, 6.07) is 2.57. The Morgan fingerprint density at radius 1 is 1.72 bits per heavy atom. The third-order valence-corrected chi connectivity index (χ3v) is 4.32. The van der Waals surface area contributed by atoms with Crippen molar-refractivity contribution in [2.45, 2.75) is 25.8 Å². The van der Waals surface area contributed by atoms with Gasteiger partial charge in [-0.15, -0.1) is 17.8 Å². The number of carbonyl (C=O) groups is 1. The van der Waals surface area contributed by atoms with E-state index in [2.05, 4.69) is 34.5 Å². The normalized spacial score (nSPS) is 19.0. The first-order chi connectivity index (χ1) is 8.76. The van der Waals surface area contributed by atoms with Gasteiger partial charge in [0.2, 0.25) is 5.91 Å². The van der Waals surface area contributed by atoms with Crippen LogP contribution in [0.5, 0.6) is 0 Å². The average molecular weight is 262 g/mol. The monoisotopic (exact) mass is 262 g/mol. The Morgan fingerprint density at radius 3 is 3.28 bits per heavy atom. The summed E-state index contributed by atoms with van der Waals surface area (Å²) in [5, 5.41) is 4.88. The minimum atomic E-state index is 0.0186. The van der Waals surface area contributed by atoms with E-state index in [-0.39, 0.29) is 5.91 Å². The van der Waals surface area contributed by atoms with Crippen LogP contribution in [0, 0.1) is 12.3 Å². The van der Waals surface area contributed by atoms with Crippen molar-refractivity contribution >= 4 is 17.2 Å². The molecule has 96 valence electrons. The number of nitrogens with one attached hydrogen (secondary N) is 1. The molecule has 0 aliphatic carbocycles. The maximum absolute atomic E-state index is 11.7. The van der Waals surface area contributed by atoms with Crippen LogP contribution < -0.4 is 5.32 Å². The van der Waals surface area contributed by atoms with Gasteiger partial charge in [-0.2, -0.15) is 0 Å². The van der Waals surface area contributed by atoms with Gasteiger partial charge in [0.05, 0.1) is 13.1 Å². The van der Waals surface area contributed by atoms with Gasteiger partial charge >= 0.3 is 0 Å². The standard InChI is InChI=1S/C14H18N2OS/c1-3-7-15-14(17)10-16-8-5-13-11(6-9-18-13)12(16)4-2/h1,6,9,12H,4-5,7-8,10H2,2H3,(H,15,17).